The maximum Gasteiger partial charge on any atom is 0.266 e. The van der Waals surface area contributed by atoms with Crippen LogP contribution in [0.3, 0.4) is 0 Å². The van der Waals surface area contributed by atoms with Crippen molar-refractivity contribution in [2.45, 2.75) is 6.04 Å². The molecule has 9 nitrogen and oxygen atoms in total. The van der Waals surface area contributed by atoms with Crippen molar-refractivity contribution in [1.29, 1.82) is 0 Å². The second kappa shape index (κ2) is 8.02. The molecule has 1 amide bonds. The Bertz CT molecular complexity index is 1010. The molecule has 1 unspecified atom stereocenters. The lowest BCUT2D eigenvalue weighted by atomic mass is 10.1. The summed E-state index contributed by atoms with van der Waals surface area (Å²) in [6.07, 6.45) is 1.54. The van der Waals surface area contributed by atoms with Crippen LogP contribution < -0.4 is 10.6 Å². The van der Waals surface area contributed by atoms with Crippen LogP contribution in [0.4, 0.5) is 11.5 Å². The summed E-state index contributed by atoms with van der Waals surface area (Å²) in [4.78, 5) is 20.9. The van der Waals surface area contributed by atoms with E-state index >= 15 is 0 Å². The first kappa shape index (κ1) is 19.1. The van der Waals surface area contributed by atoms with Crippen molar-refractivity contribution in [1.82, 2.24) is 20.1 Å². The van der Waals surface area contributed by atoms with Gasteiger partial charge in [0.25, 0.3) is 5.91 Å². The fourth-order valence-corrected chi connectivity index (χ4v) is 4.00. The Kier molecular flexibility index (Phi) is 5.28. The highest BCUT2D eigenvalue weighted by Gasteiger charge is 2.32. The molecular weight excluding hydrogens is 392 g/mol. The molecule has 3 aromatic rings. The number of phenolic OH excluding ortho intramolecular Hbond substituents is 1. The third-order valence-electron chi connectivity index (χ3n) is 4.92. The molecule has 1 atom stereocenters. The lowest BCUT2D eigenvalue weighted by Crippen LogP contribution is -2.56. The lowest BCUT2D eigenvalue weighted by Gasteiger charge is -2.41. The fraction of sp³-hybridized carbons (Fsp3) is 0.263. The number of aromatic hydroxyl groups is 1. The zero-order chi connectivity index (χ0) is 20.4. The number of benzene rings is 1. The van der Waals surface area contributed by atoms with Gasteiger partial charge in [-0.15, -0.1) is 21.5 Å². The monoisotopic (exact) mass is 412 g/mol. The summed E-state index contributed by atoms with van der Waals surface area (Å²) in [5, 5.41) is 28.1. The van der Waals surface area contributed by atoms with Gasteiger partial charge in [0.15, 0.2) is 5.82 Å². The number of amides is 1. The molecule has 3 heterocycles. The molecule has 0 bridgehead atoms. The van der Waals surface area contributed by atoms with Gasteiger partial charge in [0.2, 0.25) is 0 Å². The van der Waals surface area contributed by atoms with E-state index < -0.39 is 0 Å². The summed E-state index contributed by atoms with van der Waals surface area (Å²) >= 11 is 1.28. The van der Waals surface area contributed by atoms with E-state index in [1.165, 1.54) is 17.5 Å². The van der Waals surface area contributed by atoms with Crippen LogP contribution in [0.5, 0.6) is 5.75 Å². The molecule has 1 aromatic carbocycles. The van der Waals surface area contributed by atoms with Crippen molar-refractivity contribution in [3.8, 4) is 17.0 Å². The molecule has 0 spiro atoms. The molecule has 0 aliphatic carbocycles. The van der Waals surface area contributed by atoms with E-state index in [-0.39, 0.29) is 30.1 Å². The Morgan fingerprint density at radius 3 is 2.83 bits per heavy atom. The van der Waals surface area contributed by atoms with Crippen molar-refractivity contribution < 1.29 is 15.0 Å². The minimum absolute atomic E-state index is 0.103. The van der Waals surface area contributed by atoms with Crippen molar-refractivity contribution in [2.75, 3.05) is 36.9 Å². The van der Waals surface area contributed by atoms with E-state index in [4.69, 9.17) is 5.73 Å². The van der Waals surface area contributed by atoms with Gasteiger partial charge < -0.3 is 25.7 Å². The van der Waals surface area contributed by atoms with E-state index in [0.717, 1.165) is 0 Å². The van der Waals surface area contributed by atoms with Crippen LogP contribution in [0.25, 0.3) is 11.3 Å². The van der Waals surface area contributed by atoms with E-state index in [0.29, 0.717) is 41.5 Å². The SMILES string of the molecule is Nc1nnc(-c2ccccc2O)cc1N1CCN(C(=O)c2cncs2)C(CO)C1. The molecule has 1 aliphatic heterocycles. The summed E-state index contributed by atoms with van der Waals surface area (Å²) < 4.78 is 0. The average Bonchev–Trinajstić information content (AvgIpc) is 3.29. The van der Waals surface area contributed by atoms with Gasteiger partial charge in [-0.05, 0) is 18.2 Å². The van der Waals surface area contributed by atoms with Crippen molar-refractivity contribution in [3.63, 3.8) is 0 Å². The summed E-state index contributed by atoms with van der Waals surface area (Å²) in [5.74, 6) is 0.218. The lowest BCUT2D eigenvalue weighted by molar-refractivity contribution is 0.0570. The van der Waals surface area contributed by atoms with E-state index in [9.17, 15) is 15.0 Å². The van der Waals surface area contributed by atoms with Crippen LogP contribution in [-0.4, -0.2) is 68.5 Å². The smallest absolute Gasteiger partial charge is 0.266 e. The summed E-state index contributed by atoms with van der Waals surface area (Å²) in [6.45, 7) is 1.18. The highest BCUT2D eigenvalue weighted by atomic mass is 32.1. The quantitative estimate of drug-likeness (QED) is 0.583. The fourth-order valence-electron chi connectivity index (χ4n) is 3.43. The number of para-hydroxylation sites is 1. The second-order valence-electron chi connectivity index (χ2n) is 6.66. The summed E-state index contributed by atoms with van der Waals surface area (Å²) in [5.41, 5.74) is 9.39. The number of aliphatic hydroxyl groups excluding tert-OH is 1. The number of anilines is 2. The van der Waals surface area contributed by atoms with E-state index in [1.54, 1.807) is 40.7 Å². The number of hydrogen-bond donors (Lipinski definition) is 3. The predicted molar refractivity (Wildman–Crippen MR) is 110 cm³/mol. The maximum atomic E-state index is 12.7. The second-order valence-corrected chi connectivity index (χ2v) is 7.55. The van der Waals surface area contributed by atoms with Gasteiger partial charge >= 0.3 is 0 Å². The Morgan fingerprint density at radius 2 is 2.10 bits per heavy atom. The number of thiazole rings is 1. The highest BCUT2D eigenvalue weighted by molar-refractivity contribution is 7.11. The Balaban J connectivity index is 1.59. The van der Waals surface area contributed by atoms with E-state index in [2.05, 4.69) is 15.2 Å². The first-order valence-electron chi connectivity index (χ1n) is 9.05. The molecule has 1 fully saturated rings. The number of aromatic nitrogens is 3. The number of hydrogen-bond acceptors (Lipinski definition) is 9. The molecule has 150 valence electrons. The maximum absolute atomic E-state index is 12.7. The minimum Gasteiger partial charge on any atom is -0.507 e. The number of carbonyl (C=O) groups is 1. The summed E-state index contributed by atoms with van der Waals surface area (Å²) in [6, 6.07) is 8.25. The molecule has 10 heteroatoms. The van der Waals surface area contributed by atoms with Gasteiger partial charge in [-0.25, -0.2) is 0 Å². The highest BCUT2D eigenvalue weighted by Crippen LogP contribution is 2.32. The minimum atomic E-state index is -0.389. The van der Waals surface area contributed by atoms with Crippen molar-refractivity contribution in [2.24, 2.45) is 0 Å². The third-order valence-corrected chi connectivity index (χ3v) is 5.68. The Morgan fingerprint density at radius 1 is 1.28 bits per heavy atom. The van der Waals surface area contributed by atoms with Crippen LogP contribution in [0.1, 0.15) is 9.67 Å². The first-order valence-corrected chi connectivity index (χ1v) is 9.93. The number of nitrogen functional groups attached to an aromatic ring is 1. The van der Waals surface area contributed by atoms with E-state index in [1.807, 2.05) is 4.90 Å². The van der Waals surface area contributed by atoms with Crippen LogP contribution in [0.15, 0.2) is 42.0 Å². The van der Waals surface area contributed by atoms with Gasteiger partial charge in [0, 0.05) is 25.2 Å². The number of nitrogens with zero attached hydrogens (tertiary/aromatic N) is 5. The molecule has 2 aromatic heterocycles. The van der Waals surface area contributed by atoms with Crippen molar-refractivity contribution >= 4 is 28.7 Å². The molecule has 29 heavy (non-hydrogen) atoms. The number of aliphatic hydroxyl groups is 1. The van der Waals surface area contributed by atoms with Gasteiger partial charge in [-0.1, -0.05) is 12.1 Å². The number of rotatable bonds is 4. The molecule has 1 aliphatic rings. The zero-order valence-corrected chi connectivity index (χ0v) is 16.3. The Labute approximate surface area is 171 Å². The predicted octanol–water partition coefficient (Wildman–Crippen LogP) is 1.21. The van der Waals surface area contributed by atoms with Crippen LogP contribution in [0, 0.1) is 0 Å². The Hall–Kier alpha value is -3.24. The number of nitrogens with two attached hydrogens (primary N) is 1. The van der Waals surface area contributed by atoms with Gasteiger partial charge in [0.05, 0.1) is 35.7 Å². The molecule has 1 saturated heterocycles. The molecule has 4 rings (SSSR count). The topological polar surface area (TPSA) is 129 Å². The normalized spacial score (nSPS) is 16.8. The van der Waals surface area contributed by atoms with Gasteiger partial charge in [0.1, 0.15) is 10.6 Å². The molecular formula is C19H20N6O3S. The number of carbonyl (C=O) groups excluding carboxylic acids is 1. The van der Waals surface area contributed by atoms with Crippen LogP contribution in [-0.2, 0) is 0 Å². The zero-order valence-electron chi connectivity index (χ0n) is 15.5. The average molecular weight is 412 g/mol. The molecule has 0 radical (unpaired) electrons. The molecule has 4 N–H and O–H groups in total. The first-order chi connectivity index (χ1) is 14.1. The largest absolute Gasteiger partial charge is 0.507 e. The number of phenols is 1. The van der Waals surface area contributed by atoms with Crippen LogP contribution >= 0.6 is 11.3 Å². The molecule has 0 saturated carbocycles. The summed E-state index contributed by atoms with van der Waals surface area (Å²) in [7, 11) is 0. The standard InChI is InChI=1S/C19H20N6O3S/c20-18-15(7-14(22-23-18)13-3-1-2-4-16(13)27)24-5-6-25(12(9-24)10-26)19(28)17-8-21-11-29-17/h1-4,7-8,11-12,26-27H,5-6,9-10H2,(H2,20,23). The van der Waals surface area contributed by atoms with Crippen LogP contribution in [0.2, 0.25) is 0 Å². The van der Waals surface area contributed by atoms with Crippen molar-refractivity contribution in [3.05, 3.63) is 46.9 Å². The van der Waals surface area contributed by atoms with Gasteiger partial charge in [-0.2, -0.15) is 0 Å². The number of piperazine rings is 1. The third kappa shape index (κ3) is 3.71. The van der Waals surface area contributed by atoms with Gasteiger partial charge in [-0.3, -0.25) is 9.78 Å².